The first-order valence-corrected chi connectivity index (χ1v) is 5.96. The summed E-state index contributed by atoms with van der Waals surface area (Å²) in [5.41, 5.74) is 0. The third kappa shape index (κ3) is 3.16. The highest BCUT2D eigenvalue weighted by atomic mass is 16.2. The number of H-pyrrole nitrogens is 1. The van der Waals surface area contributed by atoms with Gasteiger partial charge in [0.25, 0.3) is 5.91 Å². The molecule has 0 saturated carbocycles. The van der Waals surface area contributed by atoms with Crippen molar-refractivity contribution in [1.29, 1.82) is 0 Å². The highest BCUT2D eigenvalue weighted by Gasteiger charge is 2.10. The number of nitrogens with zero attached hydrogens (tertiary/aromatic N) is 4. The highest BCUT2D eigenvalue weighted by molar-refractivity contribution is 5.90. The van der Waals surface area contributed by atoms with Crippen LogP contribution in [0.5, 0.6) is 0 Å². The third-order valence-electron chi connectivity index (χ3n) is 2.48. The molecule has 18 heavy (non-hydrogen) atoms. The Hall–Kier alpha value is -2.18. The van der Waals surface area contributed by atoms with Crippen molar-refractivity contribution in [3.63, 3.8) is 0 Å². The smallest absolute Gasteiger partial charge is 0.290 e. The van der Waals surface area contributed by atoms with E-state index < -0.39 is 0 Å². The molecule has 0 saturated heterocycles. The van der Waals surface area contributed by atoms with Gasteiger partial charge in [-0.15, -0.1) is 5.10 Å². The normalized spacial score (nSPS) is 10.5. The Morgan fingerprint density at radius 2 is 2.44 bits per heavy atom. The van der Waals surface area contributed by atoms with E-state index in [-0.39, 0.29) is 11.7 Å². The Morgan fingerprint density at radius 1 is 1.56 bits per heavy atom. The quantitative estimate of drug-likeness (QED) is 0.723. The summed E-state index contributed by atoms with van der Waals surface area (Å²) in [6.45, 7) is 3.31. The lowest BCUT2D eigenvalue weighted by atomic mass is 10.4. The number of aromatic nitrogens is 5. The lowest BCUT2D eigenvalue weighted by molar-refractivity contribution is 0.0942. The lowest BCUT2D eigenvalue weighted by Gasteiger charge is -2.02. The largest absolute Gasteiger partial charge is 0.349 e. The number of aryl methyl sites for hydroxylation is 2. The molecule has 7 nitrogen and oxygen atoms in total. The number of rotatable bonds is 6. The first kappa shape index (κ1) is 12.3. The summed E-state index contributed by atoms with van der Waals surface area (Å²) in [6, 6.07) is 1.87. The van der Waals surface area contributed by atoms with Crippen molar-refractivity contribution < 1.29 is 4.79 Å². The summed E-state index contributed by atoms with van der Waals surface area (Å²) in [4.78, 5) is 15.7. The third-order valence-corrected chi connectivity index (χ3v) is 2.48. The van der Waals surface area contributed by atoms with Gasteiger partial charge in [0.1, 0.15) is 5.82 Å². The average Bonchev–Trinajstić information content (AvgIpc) is 3.05. The van der Waals surface area contributed by atoms with Crippen molar-refractivity contribution in [1.82, 2.24) is 30.3 Å². The predicted molar refractivity (Wildman–Crippen MR) is 64.9 cm³/mol. The van der Waals surface area contributed by atoms with Gasteiger partial charge >= 0.3 is 0 Å². The van der Waals surface area contributed by atoms with Gasteiger partial charge in [0.15, 0.2) is 0 Å². The molecule has 0 atom stereocenters. The van der Waals surface area contributed by atoms with Gasteiger partial charge < -0.3 is 5.32 Å². The van der Waals surface area contributed by atoms with E-state index >= 15 is 0 Å². The lowest BCUT2D eigenvalue weighted by Crippen LogP contribution is -2.26. The maximum absolute atomic E-state index is 11.7. The number of hydrogen-bond acceptors (Lipinski definition) is 4. The Morgan fingerprint density at radius 3 is 3.11 bits per heavy atom. The molecule has 2 aromatic rings. The second kappa shape index (κ2) is 5.95. The maximum Gasteiger partial charge on any atom is 0.290 e. The SMILES string of the molecule is CCc1nc(C(=O)NCCCn2cccn2)n[nH]1. The Labute approximate surface area is 105 Å². The molecule has 0 aliphatic carbocycles. The number of hydrogen-bond donors (Lipinski definition) is 2. The van der Waals surface area contributed by atoms with Crippen molar-refractivity contribution in [2.75, 3.05) is 6.54 Å². The van der Waals surface area contributed by atoms with Crippen LogP contribution in [0.25, 0.3) is 0 Å². The standard InChI is InChI=1S/C11H16N6O/c1-2-9-14-10(16-15-9)11(18)12-5-3-7-17-8-4-6-13-17/h4,6,8H,2-3,5,7H2,1H3,(H,12,18)(H,14,15,16). The molecule has 2 heterocycles. The first-order chi connectivity index (χ1) is 8.79. The van der Waals surface area contributed by atoms with Crippen molar-refractivity contribution >= 4 is 5.91 Å². The minimum Gasteiger partial charge on any atom is -0.349 e. The van der Waals surface area contributed by atoms with Gasteiger partial charge in [-0.05, 0) is 12.5 Å². The van der Waals surface area contributed by atoms with Crippen LogP contribution in [0, 0.1) is 0 Å². The van der Waals surface area contributed by atoms with Crippen LogP contribution >= 0.6 is 0 Å². The molecule has 0 unspecified atom stereocenters. The molecule has 1 amide bonds. The van der Waals surface area contributed by atoms with Gasteiger partial charge in [0.05, 0.1) is 0 Å². The molecular weight excluding hydrogens is 232 g/mol. The van der Waals surface area contributed by atoms with E-state index in [1.807, 2.05) is 23.9 Å². The molecule has 0 fully saturated rings. The fourth-order valence-electron chi connectivity index (χ4n) is 1.51. The molecule has 0 radical (unpaired) electrons. The van der Waals surface area contributed by atoms with Crippen LogP contribution in [0.1, 0.15) is 29.8 Å². The van der Waals surface area contributed by atoms with E-state index in [4.69, 9.17) is 0 Å². The van der Waals surface area contributed by atoms with Crippen LogP contribution in [0.15, 0.2) is 18.5 Å². The van der Waals surface area contributed by atoms with Crippen molar-refractivity contribution in [3.05, 3.63) is 30.1 Å². The molecule has 0 bridgehead atoms. The van der Waals surface area contributed by atoms with Crippen molar-refractivity contribution in [2.45, 2.75) is 26.3 Å². The van der Waals surface area contributed by atoms with Crippen LogP contribution in [-0.4, -0.2) is 37.4 Å². The van der Waals surface area contributed by atoms with E-state index in [1.165, 1.54) is 0 Å². The van der Waals surface area contributed by atoms with Crippen molar-refractivity contribution in [2.24, 2.45) is 0 Å². The summed E-state index contributed by atoms with van der Waals surface area (Å²) < 4.78 is 1.83. The van der Waals surface area contributed by atoms with Crippen LogP contribution in [0.2, 0.25) is 0 Å². The van der Waals surface area contributed by atoms with Crippen LogP contribution in [0.4, 0.5) is 0 Å². The highest BCUT2D eigenvalue weighted by Crippen LogP contribution is 1.94. The Balaban J connectivity index is 1.71. The summed E-state index contributed by atoms with van der Waals surface area (Å²) in [5, 5.41) is 13.4. The number of nitrogens with one attached hydrogen (secondary N) is 2. The van der Waals surface area contributed by atoms with Crippen LogP contribution < -0.4 is 5.32 Å². The van der Waals surface area contributed by atoms with Gasteiger partial charge in [-0.1, -0.05) is 6.92 Å². The molecule has 96 valence electrons. The van der Waals surface area contributed by atoms with Gasteiger partial charge in [-0.25, -0.2) is 4.98 Å². The van der Waals surface area contributed by atoms with Crippen LogP contribution in [0.3, 0.4) is 0 Å². The topological polar surface area (TPSA) is 88.5 Å². The van der Waals surface area contributed by atoms with Gasteiger partial charge in [0, 0.05) is 31.9 Å². The zero-order chi connectivity index (χ0) is 12.8. The minimum atomic E-state index is -0.244. The fraction of sp³-hybridized carbons (Fsp3) is 0.455. The molecule has 7 heteroatoms. The second-order valence-corrected chi connectivity index (χ2v) is 3.84. The Kier molecular flexibility index (Phi) is 4.06. The van der Waals surface area contributed by atoms with E-state index in [2.05, 4.69) is 25.6 Å². The molecule has 2 N–H and O–H groups in total. The maximum atomic E-state index is 11.7. The molecule has 0 aliphatic heterocycles. The van der Waals surface area contributed by atoms with Crippen molar-refractivity contribution in [3.8, 4) is 0 Å². The summed E-state index contributed by atoms with van der Waals surface area (Å²) >= 11 is 0. The van der Waals surface area contributed by atoms with E-state index in [0.29, 0.717) is 6.54 Å². The zero-order valence-corrected chi connectivity index (χ0v) is 10.3. The van der Waals surface area contributed by atoms with E-state index in [9.17, 15) is 4.79 Å². The molecule has 2 aromatic heterocycles. The Bertz CT molecular complexity index is 489. The van der Waals surface area contributed by atoms with Gasteiger partial charge in [-0.3, -0.25) is 14.6 Å². The number of amides is 1. The summed E-state index contributed by atoms with van der Waals surface area (Å²) in [6.07, 6.45) is 5.18. The first-order valence-electron chi connectivity index (χ1n) is 5.96. The number of aromatic amines is 1. The second-order valence-electron chi connectivity index (χ2n) is 3.84. The van der Waals surface area contributed by atoms with Gasteiger partial charge in [0.2, 0.25) is 5.82 Å². The number of carbonyl (C=O) groups excluding carboxylic acids is 1. The molecule has 0 spiro atoms. The molecular formula is C11H16N6O. The number of carbonyl (C=O) groups is 1. The molecule has 0 aliphatic rings. The summed E-state index contributed by atoms with van der Waals surface area (Å²) in [5.74, 6) is 0.675. The summed E-state index contributed by atoms with van der Waals surface area (Å²) in [7, 11) is 0. The zero-order valence-electron chi connectivity index (χ0n) is 10.3. The monoisotopic (exact) mass is 248 g/mol. The van der Waals surface area contributed by atoms with Crippen LogP contribution in [-0.2, 0) is 13.0 Å². The minimum absolute atomic E-state index is 0.200. The molecule has 0 aromatic carbocycles. The van der Waals surface area contributed by atoms with E-state index in [0.717, 1.165) is 25.2 Å². The predicted octanol–water partition coefficient (Wildman–Crippen LogP) is 0.384. The fourth-order valence-corrected chi connectivity index (χ4v) is 1.51. The van der Waals surface area contributed by atoms with Gasteiger partial charge in [-0.2, -0.15) is 5.10 Å². The van der Waals surface area contributed by atoms with E-state index in [1.54, 1.807) is 6.20 Å². The molecule has 2 rings (SSSR count). The average molecular weight is 248 g/mol.